The van der Waals surface area contributed by atoms with Crippen LogP contribution in [0.25, 0.3) is 0 Å². The Kier molecular flexibility index (Phi) is 5.69. The van der Waals surface area contributed by atoms with Gasteiger partial charge in [-0.3, -0.25) is 0 Å². The van der Waals surface area contributed by atoms with E-state index in [1.165, 1.54) is 5.56 Å². The quantitative estimate of drug-likeness (QED) is 0.577. The van der Waals surface area contributed by atoms with Gasteiger partial charge in [-0.1, -0.05) is 71.8 Å². The van der Waals surface area contributed by atoms with Crippen LogP contribution in [0.5, 0.6) is 0 Å². The summed E-state index contributed by atoms with van der Waals surface area (Å²) < 4.78 is 0. The molecule has 4 heteroatoms. The third-order valence-electron chi connectivity index (χ3n) is 3.92. The summed E-state index contributed by atoms with van der Waals surface area (Å²) >= 11 is 11.4. The number of aryl methyl sites for hydroxylation is 1. The molecule has 0 heterocycles. The number of benzene rings is 3. The van der Waals surface area contributed by atoms with Crippen LogP contribution in [0, 0.1) is 6.92 Å². The zero-order valence-corrected chi connectivity index (χ0v) is 15.4. The lowest BCUT2D eigenvalue weighted by Gasteiger charge is -2.22. The maximum absolute atomic E-state index is 5.93. The SMILES string of the molecule is Cc1ccc([C@@H](NC(=S)Nc2ccc(Cl)cc2)c2ccccc2)cc1. The van der Waals surface area contributed by atoms with Crippen molar-refractivity contribution in [3.63, 3.8) is 0 Å². The van der Waals surface area contributed by atoms with Gasteiger partial charge >= 0.3 is 0 Å². The van der Waals surface area contributed by atoms with Crippen molar-refractivity contribution < 1.29 is 0 Å². The van der Waals surface area contributed by atoms with Crippen LogP contribution in [0.1, 0.15) is 22.7 Å². The molecule has 0 saturated heterocycles. The minimum absolute atomic E-state index is 0.0194. The second-order valence-electron chi connectivity index (χ2n) is 5.86. The predicted molar refractivity (Wildman–Crippen MR) is 110 cm³/mol. The Hall–Kier alpha value is -2.36. The van der Waals surface area contributed by atoms with Gasteiger partial charge in [0.05, 0.1) is 6.04 Å². The van der Waals surface area contributed by atoms with Crippen LogP contribution in [0.15, 0.2) is 78.9 Å². The maximum atomic E-state index is 5.93. The molecule has 0 aliphatic carbocycles. The first-order valence-corrected chi connectivity index (χ1v) is 8.85. The number of rotatable bonds is 4. The fourth-order valence-electron chi connectivity index (χ4n) is 2.60. The van der Waals surface area contributed by atoms with Gasteiger partial charge in [0.1, 0.15) is 0 Å². The molecule has 0 saturated carbocycles. The number of thiocarbonyl (C=S) groups is 1. The Balaban J connectivity index is 1.81. The van der Waals surface area contributed by atoms with Crippen LogP contribution in [0.4, 0.5) is 5.69 Å². The van der Waals surface area contributed by atoms with E-state index in [9.17, 15) is 0 Å². The van der Waals surface area contributed by atoms with Gasteiger partial charge in [-0.15, -0.1) is 0 Å². The van der Waals surface area contributed by atoms with E-state index in [-0.39, 0.29) is 6.04 Å². The molecule has 0 aliphatic heterocycles. The highest BCUT2D eigenvalue weighted by molar-refractivity contribution is 7.80. The average molecular weight is 367 g/mol. The largest absolute Gasteiger partial charge is 0.352 e. The number of halogens is 1. The van der Waals surface area contributed by atoms with Crippen molar-refractivity contribution in [2.45, 2.75) is 13.0 Å². The smallest absolute Gasteiger partial charge is 0.171 e. The zero-order chi connectivity index (χ0) is 17.6. The highest BCUT2D eigenvalue weighted by Gasteiger charge is 2.15. The van der Waals surface area contributed by atoms with Crippen LogP contribution in [-0.2, 0) is 0 Å². The van der Waals surface area contributed by atoms with Crippen molar-refractivity contribution >= 4 is 34.6 Å². The van der Waals surface area contributed by atoms with Gasteiger partial charge in [0.2, 0.25) is 0 Å². The minimum atomic E-state index is -0.0194. The van der Waals surface area contributed by atoms with Crippen LogP contribution in [0.3, 0.4) is 0 Å². The summed E-state index contributed by atoms with van der Waals surface area (Å²) in [5.74, 6) is 0. The zero-order valence-electron chi connectivity index (χ0n) is 13.9. The molecule has 0 spiro atoms. The van der Waals surface area contributed by atoms with Gasteiger partial charge in [0, 0.05) is 10.7 Å². The molecule has 0 aliphatic rings. The van der Waals surface area contributed by atoms with E-state index < -0.39 is 0 Å². The topological polar surface area (TPSA) is 24.1 Å². The molecule has 2 N–H and O–H groups in total. The summed E-state index contributed by atoms with van der Waals surface area (Å²) in [6.07, 6.45) is 0. The molecular weight excluding hydrogens is 348 g/mol. The Morgan fingerprint density at radius 1 is 0.840 bits per heavy atom. The summed E-state index contributed by atoms with van der Waals surface area (Å²) in [6, 6.07) is 26.2. The molecule has 3 aromatic carbocycles. The van der Waals surface area contributed by atoms with E-state index in [4.69, 9.17) is 23.8 Å². The number of anilines is 1. The lowest BCUT2D eigenvalue weighted by Crippen LogP contribution is -2.33. The lowest BCUT2D eigenvalue weighted by atomic mass is 9.98. The first-order valence-electron chi connectivity index (χ1n) is 8.06. The van der Waals surface area contributed by atoms with Gasteiger partial charge in [-0.25, -0.2) is 0 Å². The number of hydrogen-bond acceptors (Lipinski definition) is 1. The lowest BCUT2D eigenvalue weighted by molar-refractivity contribution is 0.768. The molecule has 0 radical (unpaired) electrons. The summed E-state index contributed by atoms with van der Waals surface area (Å²) in [5.41, 5.74) is 4.46. The highest BCUT2D eigenvalue weighted by atomic mass is 35.5. The molecule has 0 amide bonds. The van der Waals surface area contributed by atoms with E-state index >= 15 is 0 Å². The molecular formula is C21H19ClN2S. The Labute approximate surface area is 158 Å². The third-order valence-corrected chi connectivity index (χ3v) is 4.39. The summed E-state index contributed by atoms with van der Waals surface area (Å²) in [4.78, 5) is 0. The molecule has 2 nitrogen and oxygen atoms in total. The van der Waals surface area contributed by atoms with Crippen LogP contribution in [-0.4, -0.2) is 5.11 Å². The second-order valence-corrected chi connectivity index (χ2v) is 6.70. The average Bonchev–Trinajstić information content (AvgIpc) is 2.63. The van der Waals surface area contributed by atoms with Gasteiger partial charge < -0.3 is 10.6 Å². The molecule has 0 bridgehead atoms. The Morgan fingerprint density at radius 2 is 1.44 bits per heavy atom. The van der Waals surface area contributed by atoms with Crippen LogP contribution < -0.4 is 10.6 Å². The molecule has 1 atom stereocenters. The standard InChI is InChI=1S/C21H19ClN2S/c1-15-7-9-17(10-8-15)20(16-5-3-2-4-6-16)24-21(25)23-19-13-11-18(22)12-14-19/h2-14,20H,1H3,(H2,23,24,25)/t20-/m0/s1. The first-order chi connectivity index (χ1) is 12.1. The fourth-order valence-corrected chi connectivity index (χ4v) is 2.96. The Morgan fingerprint density at radius 3 is 2.08 bits per heavy atom. The number of hydrogen-bond donors (Lipinski definition) is 2. The number of nitrogens with one attached hydrogen (secondary N) is 2. The first kappa shape index (κ1) is 17.5. The molecule has 126 valence electrons. The summed E-state index contributed by atoms with van der Waals surface area (Å²) in [6.45, 7) is 2.08. The second kappa shape index (κ2) is 8.15. The van der Waals surface area contributed by atoms with Gasteiger partial charge in [-0.2, -0.15) is 0 Å². The summed E-state index contributed by atoms with van der Waals surface area (Å²) in [5, 5.41) is 7.90. The highest BCUT2D eigenvalue weighted by Crippen LogP contribution is 2.23. The third kappa shape index (κ3) is 4.81. The van der Waals surface area contributed by atoms with Crippen molar-refractivity contribution in [1.82, 2.24) is 5.32 Å². The van der Waals surface area contributed by atoms with E-state index in [2.05, 4.69) is 54.0 Å². The van der Waals surface area contributed by atoms with Gasteiger partial charge in [-0.05, 0) is 54.5 Å². The molecule has 3 aromatic rings. The van der Waals surface area contributed by atoms with Crippen molar-refractivity contribution in [3.8, 4) is 0 Å². The molecule has 25 heavy (non-hydrogen) atoms. The molecule has 3 rings (SSSR count). The van der Waals surface area contributed by atoms with E-state index in [0.717, 1.165) is 16.8 Å². The normalized spacial score (nSPS) is 11.6. The van der Waals surface area contributed by atoms with E-state index in [1.54, 1.807) is 0 Å². The molecule has 0 aromatic heterocycles. The maximum Gasteiger partial charge on any atom is 0.171 e. The van der Waals surface area contributed by atoms with Crippen LogP contribution in [0.2, 0.25) is 5.02 Å². The Bertz CT molecular complexity index is 830. The summed E-state index contributed by atoms with van der Waals surface area (Å²) in [7, 11) is 0. The van der Waals surface area contributed by atoms with Crippen LogP contribution >= 0.6 is 23.8 Å². The van der Waals surface area contributed by atoms with Crippen molar-refractivity contribution in [2.75, 3.05) is 5.32 Å². The molecule has 0 fully saturated rings. The minimum Gasteiger partial charge on any atom is -0.352 e. The monoisotopic (exact) mass is 366 g/mol. The fraction of sp³-hybridized carbons (Fsp3) is 0.0952. The molecule has 0 unspecified atom stereocenters. The van der Waals surface area contributed by atoms with Crippen molar-refractivity contribution in [2.24, 2.45) is 0 Å². The van der Waals surface area contributed by atoms with Gasteiger partial charge in [0.25, 0.3) is 0 Å². The van der Waals surface area contributed by atoms with Gasteiger partial charge in [0.15, 0.2) is 5.11 Å². The van der Waals surface area contributed by atoms with E-state index in [0.29, 0.717) is 10.1 Å². The van der Waals surface area contributed by atoms with Crippen molar-refractivity contribution in [1.29, 1.82) is 0 Å². The van der Waals surface area contributed by atoms with E-state index in [1.807, 2.05) is 42.5 Å². The predicted octanol–water partition coefficient (Wildman–Crippen LogP) is 5.72. The van der Waals surface area contributed by atoms with Crippen molar-refractivity contribution in [3.05, 3.63) is 101 Å².